The lowest BCUT2D eigenvalue weighted by atomic mass is 9.84. The molecule has 1 nitrogen and oxygen atoms in total. The first-order chi connectivity index (χ1) is 15.8. The molecule has 5 aromatic carbocycles. The Balaban J connectivity index is 1.52. The van der Waals surface area contributed by atoms with E-state index in [1.165, 1.54) is 33.1 Å². The van der Waals surface area contributed by atoms with Crippen molar-refractivity contribution < 1.29 is 0 Å². The molecule has 0 fully saturated rings. The predicted molar refractivity (Wildman–Crippen MR) is 137 cm³/mol. The molecular formula is C30H20BN. The maximum Gasteiger partial charge on any atom is 0.114 e. The maximum absolute atomic E-state index is 6.47. The molecule has 0 N–H and O–H groups in total. The molecular weight excluding hydrogens is 385 g/mol. The van der Waals surface area contributed by atoms with Crippen LogP contribution in [0.15, 0.2) is 121 Å². The van der Waals surface area contributed by atoms with Crippen molar-refractivity contribution in [1.29, 1.82) is 0 Å². The van der Waals surface area contributed by atoms with E-state index in [-0.39, 0.29) is 0 Å². The molecule has 0 amide bonds. The van der Waals surface area contributed by atoms with E-state index in [9.17, 15) is 0 Å². The van der Waals surface area contributed by atoms with Crippen LogP contribution in [0.4, 0.5) is 0 Å². The van der Waals surface area contributed by atoms with Gasteiger partial charge in [-0.2, -0.15) is 0 Å². The van der Waals surface area contributed by atoms with Crippen LogP contribution >= 0.6 is 0 Å². The van der Waals surface area contributed by atoms with Crippen molar-refractivity contribution in [1.82, 2.24) is 4.57 Å². The molecule has 0 saturated carbocycles. The predicted octanol–water partition coefficient (Wildman–Crippen LogP) is 6.91. The van der Waals surface area contributed by atoms with Crippen molar-refractivity contribution >= 4 is 35.1 Å². The van der Waals surface area contributed by atoms with Gasteiger partial charge in [-0.05, 0) is 52.6 Å². The summed E-state index contributed by atoms with van der Waals surface area (Å²) in [6, 6.07) is 42.5. The van der Waals surface area contributed by atoms with Crippen LogP contribution in [0.3, 0.4) is 0 Å². The van der Waals surface area contributed by atoms with Crippen LogP contribution in [-0.2, 0) is 0 Å². The zero-order valence-corrected chi connectivity index (χ0v) is 17.6. The van der Waals surface area contributed by atoms with Gasteiger partial charge in [-0.15, -0.1) is 0 Å². The van der Waals surface area contributed by atoms with Crippen LogP contribution in [0.25, 0.3) is 49.7 Å². The number of hydrogen-bond acceptors (Lipinski definition) is 0. The summed E-state index contributed by atoms with van der Waals surface area (Å²) in [6.45, 7) is 0. The van der Waals surface area contributed by atoms with Crippen LogP contribution in [0.5, 0.6) is 0 Å². The highest BCUT2D eigenvalue weighted by molar-refractivity contribution is 6.36. The minimum absolute atomic E-state index is 0.792. The van der Waals surface area contributed by atoms with Gasteiger partial charge in [0, 0.05) is 16.5 Å². The molecule has 0 saturated heterocycles. The summed E-state index contributed by atoms with van der Waals surface area (Å²) >= 11 is 0. The van der Waals surface area contributed by atoms with Gasteiger partial charge in [0.2, 0.25) is 0 Å². The van der Waals surface area contributed by atoms with Gasteiger partial charge in [0.25, 0.3) is 0 Å². The minimum atomic E-state index is 0.792. The number of aromatic nitrogens is 1. The molecule has 0 bridgehead atoms. The van der Waals surface area contributed by atoms with E-state index in [0.717, 1.165) is 22.2 Å². The largest absolute Gasteiger partial charge is 0.309 e. The SMILES string of the molecule is [B]c1cc(-c2ccc3c(c2)c2ccccc2n3-c2ccccc2)ccc1-c1ccccc1. The number of hydrogen-bond donors (Lipinski definition) is 0. The fraction of sp³-hybridized carbons (Fsp3) is 0. The standard InChI is InChI=1S/C30H20BN/c31-28-20-23(15-17-25(28)21-9-3-1-4-10-21)22-16-18-30-27(19-22)26-13-7-8-14-29(26)32(30)24-11-5-2-6-12-24/h1-20H. The fourth-order valence-electron chi connectivity index (χ4n) is 4.63. The zero-order chi connectivity index (χ0) is 21.5. The Morgan fingerprint density at radius 1 is 0.469 bits per heavy atom. The Bertz CT molecular complexity index is 1560. The van der Waals surface area contributed by atoms with E-state index < -0.39 is 0 Å². The lowest BCUT2D eigenvalue weighted by Crippen LogP contribution is -2.06. The van der Waals surface area contributed by atoms with Crippen molar-refractivity contribution in [3.05, 3.63) is 121 Å². The van der Waals surface area contributed by atoms with Gasteiger partial charge >= 0.3 is 0 Å². The van der Waals surface area contributed by atoms with Crippen LogP contribution in [0.2, 0.25) is 0 Å². The summed E-state index contributed by atoms with van der Waals surface area (Å²) < 4.78 is 2.33. The Morgan fingerprint density at radius 3 is 1.88 bits per heavy atom. The first-order valence-electron chi connectivity index (χ1n) is 10.8. The second kappa shape index (κ2) is 7.58. The second-order valence-corrected chi connectivity index (χ2v) is 8.09. The molecule has 0 aliphatic rings. The minimum Gasteiger partial charge on any atom is -0.309 e. The molecule has 148 valence electrons. The Morgan fingerprint density at radius 2 is 1.09 bits per heavy atom. The van der Waals surface area contributed by atoms with Gasteiger partial charge in [0.15, 0.2) is 0 Å². The Labute approximate surface area is 189 Å². The van der Waals surface area contributed by atoms with Crippen LogP contribution in [-0.4, -0.2) is 12.4 Å². The van der Waals surface area contributed by atoms with Crippen molar-refractivity contribution in [2.45, 2.75) is 0 Å². The average molecular weight is 405 g/mol. The molecule has 32 heavy (non-hydrogen) atoms. The average Bonchev–Trinajstić information content (AvgIpc) is 3.19. The van der Waals surface area contributed by atoms with E-state index >= 15 is 0 Å². The summed E-state index contributed by atoms with van der Waals surface area (Å²) in [4.78, 5) is 0. The third kappa shape index (κ3) is 3.04. The normalized spacial score (nSPS) is 11.2. The van der Waals surface area contributed by atoms with Crippen LogP contribution < -0.4 is 5.46 Å². The van der Waals surface area contributed by atoms with Crippen LogP contribution in [0.1, 0.15) is 0 Å². The topological polar surface area (TPSA) is 4.93 Å². The zero-order valence-electron chi connectivity index (χ0n) is 17.6. The number of nitrogens with zero attached hydrogens (tertiary/aromatic N) is 1. The van der Waals surface area contributed by atoms with Crippen molar-refractivity contribution in [2.75, 3.05) is 0 Å². The molecule has 1 heterocycles. The van der Waals surface area contributed by atoms with Crippen molar-refractivity contribution in [3.8, 4) is 27.9 Å². The fourth-order valence-corrected chi connectivity index (χ4v) is 4.63. The van der Waals surface area contributed by atoms with E-state index in [1.54, 1.807) is 0 Å². The number of rotatable bonds is 3. The quantitative estimate of drug-likeness (QED) is 0.282. The second-order valence-electron chi connectivity index (χ2n) is 8.09. The van der Waals surface area contributed by atoms with E-state index in [0.29, 0.717) is 0 Å². The van der Waals surface area contributed by atoms with Gasteiger partial charge in [0.1, 0.15) is 7.85 Å². The molecule has 6 aromatic rings. The smallest absolute Gasteiger partial charge is 0.114 e. The van der Waals surface area contributed by atoms with E-state index in [2.05, 4.69) is 108 Å². The number of fused-ring (bicyclic) bond motifs is 3. The number of para-hydroxylation sites is 2. The molecule has 0 aliphatic heterocycles. The molecule has 0 atom stereocenters. The maximum atomic E-state index is 6.47. The third-order valence-corrected chi connectivity index (χ3v) is 6.16. The van der Waals surface area contributed by atoms with E-state index in [4.69, 9.17) is 7.85 Å². The van der Waals surface area contributed by atoms with Gasteiger partial charge in [-0.1, -0.05) is 96.5 Å². The van der Waals surface area contributed by atoms with Crippen molar-refractivity contribution in [2.24, 2.45) is 0 Å². The summed E-state index contributed by atoms with van der Waals surface area (Å²) in [5.74, 6) is 0. The highest BCUT2D eigenvalue weighted by Gasteiger charge is 2.13. The molecule has 0 aliphatic carbocycles. The molecule has 2 radical (unpaired) electrons. The third-order valence-electron chi connectivity index (χ3n) is 6.16. The summed E-state index contributed by atoms with van der Waals surface area (Å²) in [6.07, 6.45) is 0. The van der Waals surface area contributed by atoms with Gasteiger partial charge < -0.3 is 4.57 Å². The van der Waals surface area contributed by atoms with Crippen molar-refractivity contribution in [3.63, 3.8) is 0 Å². The summed E-state index contributed by atoms with van der Waals surface area (Å²) in [7, 11) is 6.47. The van der Waals surface area contributed by atoms with E-state index in [1.807, 2.05) is 18.2 Å². The molecule has 0 unspecified atom stereocenters. The Hall–Kier alpha value is -4.04. The number of benzene rings is 5. The molecule has 0 spiro atoms. The summed E-state index contributed by atoms with van der Waals surface area (Å²) in [5, 5.41) is 2.50. The first kappa shape index (κ1) is 18.7. The lowest BCUT2D eigenvalue weighted by Gasteiger charge is -2.11. The Kier molecular flexibility index (Phi) is 4.43. The molecule has 2 heteroatoms. The van der Waals surface area contributed by atoms with Crippen LogP contribution in [0, 0.1) is 0 Å². The first-order valence-corrected chi connectivity index (χ1v) is 10.8. The molecule has 6 rings (SSSR count). The highest BCUT2D eigenvalue weighted by Crippen LogP contribution is 2.35. The molecule has 1 aromatic heterocycles. The lowest BCUT2D eigenvalue weighted by molar-refractivity contribution is 1.18. The van der Waals surface area contributed by atoms with Gasteiger partial charge in [0.05, 0.1) is 11.0 Å². The summed E-state index contributed by atoms with van der Waals surface area (Å²) in [5.41, 5.74) is 8.87. The van der Waals surface area contributed by atoms with Gasteiger partial charge in [-0.3, -0.25) is 0 Å². The highest BCUT2D eigenvalue weighted by atomic mass is 15.0. The van der Waals surface area contributed by atoms with Gasteiger partial charge in [-0.25, -0.2) is 0 Å². The monoisotopic (exact) mass is 405 g/mol.